The first-order valence-electron chi connectivity index (χ1n) is 8.46. The summed E-state index contributed by atoms with van der Waals surface area (Å²) in [5.74, 6) is -0.753. The van der Waals surface area contributed by atoms with E-state index in [9.17, 15) is 19.7 Å². The molecule has 0 saturated carbocycles. The molecule has 158 valence electrons. The predicted octanol–water partition coefficient (Wildman–Crippen LogP) is 3.29. The van der Waals surface area contributed by atoms with Crippen molar-refractivity contribution in [1.82, 2.24) is 16.2 Å². The number of nitrogens with zero attached hydrogens (tertiary/aromatic N) is 1. The van der Waals surface area contributed by atoms with Crippen LogP contribution in [-0.4, -0.2) is 28.5 Å². The molecule has 2 aromatic carbocycles. The van der Waals surface area contributed by atoms with Gasteiger partial charge in [-0.3, -0.25) is 35.9 Å². The average molecular weight is 516 g/mol. The van der Waals surface area contributed by atoms with E-state index < -0.39 is 22.4 Å². The number of benzene rings is 2. The van der Waals surface area contributed by atoms with Gasteiger partial charge in [0.15, 0.2) is 11.7 Å². The molecule has 0 bridgehead atoms. The zero-order valence-corrected chi connectivity index (χ0v) is 18.7. The smallest absolute Gasteiger partial charge is 0.288 e. The SMILES string of the molecule is CCc1ccc(OCC(=O)NC(=S)NNC(=O)c2ccc(Cl)c([N+](=O)[O-])c2)c(Br)c1. The Morgan fingerprint density at radius 2 is 1.97 bits per heavy atom. The summed E-state index contributed by atoms with van der Waals surface area (Å²) < 4.78 is 6.15. The fraction of sp³-hybridized carbons (Fsp3) is 0.167. The van der Waals surface area contributed by atoms with Crippen LogP contribution < -0.4 is 20.9 Å². The van der Waals surface area contributed by atoms with E-state index in [0.717, 1.165) is 22.5 Å². The molecule has 9 nitrogen and oxygen atoms in total. The molecule has 2 amide bonds. The Hall–Kier alpha value is -2.76. The predicted molar refractivity (Wildman–Crippen MR) is 118 cm³/mol. The monoisotopic (exact) mass is 514 g/mol. The molecule has 0 radical (unpaired) electrons. The quantitative estimate of drug-likeness (QED) is 0.306. The van der Waals surface area contributed by atoms with Gasteiger partial charge in [-0.05, 0) is 64.4 Å². The Bertz CT molecular complexity index is 1000. The van der Waals surface area contributed by atoms with Gasteiger partial charge in [-0.25, -0.2) is 0 Å². The van der Waals surface area contributed by atoms with Crippen LogP contribution in [0.3, 0.4) is 0 Å². The second-order valence-corrected chi connectivity index (χ2v) is 7.46. The number of hydrazine groups is 1. The van der Waals surface area contributed by atoms with Gasteiger partial charge < -0.3 is 4.74 Å². The number of hydrogen-bond donors (Lipinski definition) is 3. The Kier molecular flexibility index (Phi) is 8.51. The lowest BCUT2D eigenvalue weighted by molar-refractivity contribution is -0.384. The Balaban J connectivity index is 1.83. The number of aryl methyl sites for hydroxylation is 1. The molecule has 0 aromatic heterocycles. The average Bonchev–Trinajstić information content (AvgIpc) is 2.71. The summed E-state index contributed by atoms with van der Waals surface area (Å²) in [4.78, 5) is 34.2. The molecule has 12 heteroatoms. The van der Waals surface area contributed by atoms with Gasteiger partial charge in [-0.1, -0.05) is 24.6 Å². The minimum atomic E-state index is -0.706. The molecule has 30 heavy (non-hydrogen) atoms. The van der Waals surface area contributed by atoms with Crippen molar-refractivity contribution in [3.63, 3.8) is 0 Å². The Morgan fingerprint density at radius 1 is 1.23 bits per heavy atom. The number of rotatable bonds is 6. The summed E-state index contributed by atoms with van der Waals surface area (Å²) in [5.41, 5.74) is 5.25. The maximum atomic E-state index is 12.1. The molecule has 0 aliphatic carbocycles. The van der Waals surface area contributed by atoms with Crippen LogP contribution in [0, 0.1) is 10.1 Å². The van der Waals surface area contributed by atoms with Crippen molar-refractivity contribution in [1.29, 1.82) is 0 Å². The lowest BCUT2D eigenvalue weighted by atomic mass is 10.2. The van der Waals surface area contributed by atoms with E-state index in [-0.39, 0.29) is 22.3 Å². The van der Waals surface area contributed by atoms with Crippen molar-refractivity contribution in [2.24, 2.45) is 0 Å². The van der Waals surface area contributed by atoms with Crippen LogP contribution in [0.4, 0.5) is 5.69 Å². The van der Waals surface area contributed by atoms with E-state index in [1.54, 1.807) is 6.07 Å². The third-order valence-corrected chi connectivity index (χ3v) is 4.85. The van der Waals surface area contributed by atoms with Crippen molar-refractivity contribution >= 4 is 62.4 Å². The van der Waals surface area contributed by atoms with E-state index >= 15 is 0 Å². The third kappa shape index (κ3) is 6.65. The molecule has 2 rings (SSSR count). The lowest BCUT2D eigenvalue weighted by Gasteiger charge is -2.12. The van der Waals surface area contributed by atoms with Crippen LogP contribution in [0.25, 0.3) is 0 Å². The highest BCUT2D eigenvalue weighted by Crippen LogP contribution is 2.26. The van der Waals surface area contributed by atoms with Gasteiger partial charge in [0.2, 0.25) is 0 Å². The first-order valence-corrected chi connectivity index (χ1v) is 10.0. The maximum Gasteiger partial charge on any atom is 0.288 e. The standard InChI is InChI=1S/C18H16BrClN4O5S/c1-2-10-3-6-15(12(19)7-10)29-9-16(25)21-18(30)23-22-17(26)11-4-5-13(20)14(8-11)24(27)28/h3-8H,2,9H2,1H3,(H,22,26)(H2,21,23,25,30). The van der Waals surface area contributed by atoms with E-state index in [4.69, 9.17) is 28.6 Å². The summed E-state index contributed by atoms with van der Waals surface area (Å²) in [7, 11) is 0. The molecule has 3 N–H and O–H groups in total. The number of halogens is 2. The number of nitro groups is 1. The summed E-state index contributed by atoms with van der Waals surface area (Å²) in [6, 6.07) is 9.10. The lowest BCUT2D eigenvalue weighted by Crippen LogP contribution is -2.49. The van der Waals surface area contributed by atoms with Gasteiger partial charge in [0.1, 0.15) is 10.8 Å². The highest BCUT2D eigenvalue weighted by atomic mass is 79.9. The van der Waals surface area contributed by atoms with Gasteiger partial charge in [0.05, 0.1) is 9.40 Å². The second-order valence-electron chi connectivity index (χ2n) is 5.79. The van der Waals surface area contributed by atoms with E-state index in [1.165, 1.54) is 12.1 Å². The van der Waals surface area contributed by atoms with Crippen molar-refractivity contribution in [2.75, 3.05) is 6.61 Å². The van der Waals surface area contributed by atoms with Gasteiger partial charge in [-0.2, -0.15) is 0 Å². The molecule has 0 fully saturated rings. The molecular weight excluding hydrogens is 500 g/mol. The van der Waals surface area contributed by atoms with E-state index in [0.29, 0.717) is 5.75 Å². The first-order chi connectivity index (χ1) is 14.2. The van der Waals surface area contributed by atoms with Gasteiger partial charge in [0, 0.05) is 11.6 Å². The van der Waals surface area contributed by atoms with Crippen molar-refractivity contribution in [2.45, 2.75) is 13.3 Å². The Labute approximate surface area is 190 Å². The highest BCUT2D eigenvalue weighted by Gasteiger charge is 2.16. The van der Waals surface area contributed by atoms with E-state index in [1.807, 2.05) is 19.1 Å². The van der Waals surface area contributed by atoms with Crippen LogP contribution in [0.15, 0.2) is 40.9 Å². The number of hydrogen-bond acceptors (Lipinski definition) is 6. The van der Waals surface area contributed by atoms with Crippen LogP contribution in [0.1, 0.15) is 22.8 Å². The van der Waals surface area contributed by atoms with Crippen molar-refractivity contribution in [3.8, 4) is 5.75 Å². The number of carbonyl (C=O) groups excluding carboxylic acids is 2. The Morgan fingerprint density at radius 3 is 2.60 bits per heavy atom. The maximum absolute atomic E-state index is 12.1. The summed E-state index contributed by atoms with van der Waals surface area (Å²) in [6.45, 7) is 1.72. The van der Waals surface area contributed by atoms with Crippen molar-refractivity contribution < 1.29 is 19.2 Å². The summed E-state index contributed by atoms with van der Waals surface area (Å²) in [5, 5.41) is 13.0. The minimum Gasteiger partial charge on any atom is -0.483 e. The molecule has 0 aliphatic rings. The van der Waals surface area contributed by atoms with Crippen LogP contribution in [0.5, 0.6) is 5.75 Å². The highest BCUT2D eigenvalue weighted by molar-refractivity contribution is 9.10. The van der Waals surface area contributed by atoms with Gasteiger partial charge >= 0.3 is 0 Å². The van der Waals surface area contributed by atoms with E-state index in [2.05, 4.69) is 32.1 Å². The van der Waals surface area contributed by atoms with Crippen molar-refractivity contribution in [3.05, 3.63) is 67.1 Å². The molecule has 0 heterocycles. The number of nitrogens with one attached hydrogen (secondary N) is 3. The third-order valence-electron chi connectivity index (χ3n) is 3.71. The number of amides is 2. The largest absolute Gasteiger partial charge is 0.483 e. The van der Waals surface area contributed by atoms with Gasteiger partial charge in [0.25, 0.3) is 17.5 Å². The number of thiocarbonyl (C=S) groups is 1. The molecular formula is C18H16BrClN4O5S. The van der Waals surface area contributed by atoms with Gasteiger partial charge in [-0.15, -0.1) is 0 Å². The van der Waals surface area contributed by atoms with Crippen LogP contribution in [0.2, 0.25) is 5.02 Å². The number of carbonyl (C=O) groups is 2. The molecule has 0 unspecified atom stereocenters. The summed E-state index contributed by atoms with van der Waals surface area (Å²) >= 11 is 14.0. The number of ether oxygens (including phenoxy) is 1. The molecule has 0 spiro atoms. The van der Waals surface area contributed by atoms with Crippen LogP contribution in [-0.2, 0) is 11.2 Å². The molecule has 0 saturated heterocycles. The topological polar surface area (TPSA) is 123 Å². The number of nitro benzene ring substituents is 1. The van der Waals surface area contributed by atoms with Crippen LogP contribution >= 0.6 is 39.7 Å². The first kappa shape index (κ1) is 23.5. The zero-order chi connectivity index (χ0) is 22.3. The molecule has 0 atom stereocenters. The fourth-order valence-corrected chi connectivity index (χ4v) is 3.09. The summed E-state index contributed by atoms with van der Waals surface area (Å²) in [6.07, 6.45) is 0.869. The zero-order valence-electron chi connectivity index (χ0n) is 15.5. The normalized spacial score (nSPS) is 10.1. The second kappa shape index (κ2) is 10.9. The molecule has 2 aromatic rings. The molecule has 0 aliphatic heterocycles. The minimum absolute atomic E-state index is 0.0172. The fourth-order valence-electron chi connectivity index (χ4n) is 2.20.